The lowest BCUT2D eigenvalue weighted by Crippen LogP contribution is -2.44. The molecule has 0 aliphatic carbocycles. The van der Waals surface area contributed by atoms with Gasteiger partial charge in [-0.1, -0.05) is 6.92 Å². The summed E-state index contributed by atoms with van der Waals surface area (Å²) in [5.41, 5.74) is 0. The highest BCUT2D eigenvalue weighted by Crippen LogP contribution is 2.10. The van der Waals surface area contributed by atoms with Gasteiger partial charge in [-0.25, -0.2) is 0 Å². The molecule has 0 spiro atoms. The maximum absolute atomic E-state index is 3.65. The summed E-state index contributed by atoms with van der Waals surface area (Å²) in [6, 6.07) is 0.762. The van der Waals surface area contributed by atoms with Crippen LogP contribution in [0.25, 0.3) is 0 Å². The zero-order chi connectivity index (χ0) is 11.1. The topological polar surface area (TPSA) is 18.5 Å². The standard InChI is InChI=1S/C12H27N3/c1-4-8-15-9-5-12(6-10-15)13-7-11-14(2)3/h12-13H,4-11H2,1-3H3. The third kappa shape index (κ3) is 5.50. The van der Waals surface area contributed by atoms with Crippen LogP contribution in [0.5, 0.6) is 0 Å². The van der Waals surface area contributed by atoms with Gasteiger partial charge in [-0.2, -0.15) is 0 Å². The number of rotatable bonds is 6. The summed E-state index contributed by atoms with van der Waals surface area (Å²) in [5.74, 6) is 0. The number of piperidine rings is 1. The molecule has 3 heteroatoms. The van der Waals surface area contributed by atoms with Gasteiger partial charge < -0.3 is 15.1 Å². The second-order valence-corrected chi connectivity index (χ2v) is 4.87. The molecule has 0 aromatic rings. The molecular weight excluding hydrogens is 186 g/mol. The minimum Gasteiger partial charge on any atom is -0.313 e. The van der Waals surface area contributed by atoms with Crippen molar-refractivity contribution in [2.45, 2.75) is 32.2 Å². The molecule has 1 heterocycles. The first-order chi connectivity index (χ1) is 7.22. The Kier molecular flexibility index (Phi) is 6.22. The highest BCUT2D eigenvalue weighted by Gasteiger charge is 2.17. The minimum absolute atomic E-state index is 0.762. The summed E-state index contributed by atoms with van der Waals surface area (Å²) >= 11 is 0. The van der Waals surface area contributed by atoms with E-state index in [0.717, 1.165) is 19.1 Å². The Labute approximate surface area is 94.8 Å². The van der Waals surface area contributed by atoms with E-state index in [1.165, 1.54) is 38.9 Å². The van der Waals surface area contributed by atoms with Gasteiger partial charge in [0.15, 0.2) is 0 Å². The SMILES string of the molecule is CCCN1CCC(NCCN(C)C)CC1. The first kappa shape index (κ1) is 12.9. The number of nitrogens with one attached hydrogen (secondary N) is 1. The van der Waals surface area contributed by atoms with Crippen molar-refractivity contribution in [1.29, 1.82) is 0 Å². The number of hydrogen-bond donors (Lipinski definition) is 1. The first-order valence-corrected chi connectivity index (χ1v) is 6.33. The molecule has 1 aliphatic rings. The minimum atomic E-state index is 0.762. The molecule has 15 heavy (non-hydrogen) atoms. The Hall–Kier alpha value is -0.120. The van der Waals surface area contributed by atoms with Crippen molar-refractivity contribution < 1.29 is 0 Å². The van der Waals surface area contributed by atoms with Crippen molar-refractivity contribution in [3.63, 3.8) is 0 Å². The molecule has 3 nitrogen and oxygen atoms in total. The average Bonchev–Trinajstić information content (AvgIpc) is 2.20. The Morgan fingerprint density at radius 1 is 1.27 bits per heavy atom. The summed E-state index contributed by atoms with van der Waals surface area (Å²) in [6.45, 7) is 8.40. The maximum Gasteiger partial charge on any atom is 0.0101 e. The summed E-state index contributed by atoms with van der Waals surface area (Å²) < 4.78 is 0. The zero-order valence-electron chi connectivity index (χ0n) is 10.6. The predicted molar refractivity (Wildman–Crippen MR) is 66.3 cm³/mol. The van der Waals surface area contributed by atoms with E-state index in [4.69, 9.17) is 0 Å². The van der Waals surface area contributed by atoms with Crippen molar-refractivity contribution >= 4 is 0 Å². The van der Waals surface area contributed by atoms with Crippen LogP contribution in [-0.4, -0.2) is 62.7 Å². The van der Waals surface area contributed by atoms with E-state index in [2.05, 4.69) is 36.1 Å². The molecule has 0 saturated carbocycles. The maximum atomic E-state index is 3.65. The van der Waals surface area contributed by atoms with E-state index < -0.39 is 0 Å². The van der Waals surface area contributed by atoms with Gasteiger partial charge in [0, 0.05) is 19.1 Å². The van der Waals surface area contributed by atoms with Crippen molar-refractivity contribution in [1.82, 2.24) is 15.1 Å². The number of likely N-dealkylation sites (N-methyl/N-ethyl adjacent to an activating group) is 1. The lowest BCUT2D eigenvalue weighted by molar-refractivity contribution is 0.196. The van der Waals surface area contributed by atoms with Gasteiger partial charge in [-0.3, -0.25) is 0 Å². The molecule has 1 N–H and O–H groups in total. The van der Waals surface area contributed by atoms with Gasteiger partial charge in [-0.15, -0.1) is 0 Å². The monoisotopic (exact) mass is 213 g/mol. The largest absolute Gasteiger partial charge is 0.313 e. The first-order valence-electron chi connectivity index (χ1n) is 6.33. The predicted octanol–water partition coefficient (Wildman–Crippen LogP) is 1.01. The van der Waals surface area contributed by atoms with Gasteiger partial charge in [0.05, 0.1) is 0 Å². The second kappa shape index (κ2) is 7.20. The lowest BCUT2D eigenvalue weighted by Gasteiger charge is -2.32. The van der Waals surface area contributed by atoms with Crippen molar-refractivity contribution in [3.8, 4) is 0 Å². The van der Waals surface area contributed by atoms with Crippen LogP contribution < -0.4 is 5.32 Å². The normalized spacial score (nSPS) is 20.0. The molecule has 1 aliphatic heterocycles. The molecule has 1 rings (SSSR count). The highest BCUT2D eigenvalue weighted by molar-refractivity contribution is 4.76. The quantitative estimate of drug-likeness (QED) is 0.710. The molecule has 0 atom stereocenters. The van der Waals surface area contributed by atoms with Gasteiger partial charge in [-0.05, 0) is 53.0 Å². The van der Waals surface area contributed by atoms with Gasteiger partial charge in [0.2, 0.25) is 0 Å². The van der Waals surface area contributed by atoms with Crippen LogP contribution in [0.1, 0.15) is 26.2 Å². The molecule has 0 unspecified atom stereocenters. The molecule has 0 radical (unpaired) electrons. The Morgan fingerprint density at radius 3 is 2.47 bits per heavy atom. The van der Waals surface area contributed by atoms with Crippen molar-refractivity contribution in [2.24, 2.45) is 0 Å². The molecule has 1 saturated heterocycles. The summed E-state index contributed by atoms with van der Waals surface area (Å²) in [6.07, 6.45) is 3.94. The number of nitrogens with zero attached hydrogens (tertiary/aromatic N) is 2. The fourth-order valence-electron chi connectivity index (χ4n) is 2.17. The van der Waals surface area contributed by atoms with E-state index in [1.807, 2.05) is 0 Å². The summed E-state index contributed by atoms with van der Waals surface area (Å²) in [5, 5.41) is 3.65. The molecule has 0 aromatic carbocycles. The number of likely N-dealkylation sites (tertiary alicyclic amines) is 1. The summed E-state index contributed by atoms with van der Waals surface area (Å²) in [4.78, 5) is 4.82. The van der Waals surface area contributed by atoms with E-state index in [1.54, 1.807) is 0 Å². The van der Waals surface area contributed by atoms with E-state index >= 15 is 0 Å². The summed E-state index contributed by atoms with van der Waals surface area (Å²) in [7, 11) is 4.26. The lowest BCUT2D eigenvalue weighted by atomic mass is 10.0. The van der Waals surface area contributed by atoms with E-state index in [-0.39, 0.29) is 0 Å². The fraction of sp³-hybridized carbons (Fsp3) is 1.00. The fourth-order valence-corrected chi connectivity index (χ4v) is 2.17. The highest BCUT2D eigenvalue weighted by atomic mass is 15.1. The van der Waals surface area contributed by atoms with Gasteiger partial charge >= 0.3 is 0 Å². The Bertz CT molecular complexity index is 151. The Balaban J connectivity index is 2.04. The molecule has 1 fully saturated rings. The average molecular weight is 213 g/mol. The van der Waals surface area contributed by atoms with Crippen LogP contribution in [0.4, 0.5) is 0 Å². The molecule has 90 valence electrons. The zero-order valence-corrected chi connectivity index (χ0v) is 10.6. The Morgan fingerprint density at radius 2 is 1.93 bits per heavy atom. The van der Waals surface area contributed by atoms with E-state index in [0.29, 0.717) is 0 Å². The number of hydrogen-bond acceptors (Lipinski definition) is 3. The molecular formula is C12H27N3. The van der Waals surface area contributed by atoms with E-state index in [9.17, 15) is 0 Å². The van der Waals surface area contributed by atoms with Crippen LogP contribution in [-0.2, 0) is 0 Å². The molecule has 0 bridgehead atoms. The van der Waals surface area contributed by atoms with Gasteiger partial charge in [0.25, 0.3) is 0 Å². The van der Waals surface area contributed by atoms with Crippen LogP contribution in [0.15, 0.2) is 0 Å². The van der Waals surface area contributed by atoms with Crippen LogP contribution in [0.3, 0.4) is 0 Å². The van der Waals surface area contributed by atoms with Crippen LogP contribution >= 0.6 is 0 Å². The third-order valence-corrected chi connectivity index (χ3v) is 3.12. The molecule has 0 aromatic heterocycles. The van der Waals surface area contributed by atoms with Crippen molar-refractivity contribution in [3.05, 3.63) is 0 Å². The smallest absolute Gasteiger partial charge is 0.0101 e. The second-order valence-electron chi connectivity index (χ2n) is 4.87. The van der Waals surface area contributed by atoms with Gasteiger partial charge in [0.1, 0.15) is 0 Å². The van der Waals surface area contributed by atoms with Crippen molar-refractivity contribution in [2.75, 3.05) is 46.8 Å². The third-order valence-electron chi connectivity index (χ3n) is 3.12. The van der Waals surface area contributed by atoms with Crippen LogP contribution in [0.2, 0.25) is 0 Å². The van der Waals surface area contributed by atoms with Crippen LogP contribution in [0, 0.1) is 0 Å². The molecule has 0 amide bonds.